The minimum atomic E-state index is 0.943. The maximum absolute atomic E-state index is 3.49. The van der Waals surface area contributed by atoms with Crippen LogP contribution < -0.4 is 26.6 Å². The van der Waals surface area contributed by atoms with Gasteiger partial charge in [0.1, 0.15) is 0 Å². The Morgan fingerprint density at radius 2 is 0.759 bits per heavy atom. The van der Waals surface area contributed by atoms with Gasteiger partial charge in [-0.25, -0.2) is 0 Å². The van der Waals surface area contributed by atoms with Gasteiger partial charge in [-0.05, 0) is 36.1 Å². The van der Waals surface area contributed by atoms with Gasteiger partial charge in [-0.3, -0.25) is 0 Å². The first-order valence-electron chi connectivity index (χ1n) is 10.9. The molecule has 0 aliphatic rings. The van der Waals surface area contributed by atoms with E-state index in [9.17, 15) is 0 Å². The monoisotopic (exact) mass is 397 g/mol. The summed E-state index contributed by atoms with van der Waals surface area (Å²) in [6, 6.07) is 17.1. The Kier molecular flexibility index (Phi) is 12.3. The Bertz CT molecular complexity index is 616. The lowest BCUT2D eigenvalue weighted by molar-refractivity contribution is 0.557. The molecule has 5 heteroatoms. The molecule has 0 fully saturated rings. The molecular formula is C24H39N5. The summed E-state index contributed by atoms with van der Waals surface area (Å²) in [6.07, 6.45) is 0. The molecule has 0 saturated heterocycles. The first-order chi connectivity index (χ1) is 14.3. The van der Waals surface area contributed by atoms with Crippen molar-refractivity contribution in [2.24, 2.45) is 0 Å². The second-order valence-electron chi connectivity index (χ2n) is 7.46. The van der Waals surface area contributed by atoms with Crippen LogP contribution in [-0.4, -0.2) is 52.4 Å². The molecule has 0 aliphatic carbocycles. The molecule has 0 aliphatic heterocycles. The number of nitrogens with one attached hydrogen (secondary N) is 5. The highest BCUT2D eigenvalue weighted by molar-refractivity contribution is 5.25. The highest BCUT2D eigenvalue weighted by atomic mass is 15.0. The molecule has 0 spiro atoms. The van der Waals surface area contributed by atoms with Crippen LogP contribution in [0.1, 0.15) is 22.3 Å². The largest absolute Gasteiger partial charge is 0.314 e. The van der Waals surface area contributed by atoms with Gasteiger partial charge in [0.15, 0.2) is 0 Å². The Labute approximate surface area is 177 Å². The fourth-order valence-electron chi connectivity index (χ4n) is 3.15. The zero-order chi connectivity index (χ0) is 20.6. The normalized spacial score (nSPS) is 11.1. The van der Waals surface area contributed by atoms with Crippen molar-refractivity contribution in [2.75, 3.05) is 52.4 Å². The molecule has 0 heterocycles. The molecule has 2 rings (SSSR count). The fourth-order valence-corrected chi connectivity index (χ4v) is 3.15. The van der Waals surface area contributed by atoms with Crippen molar-refractivity contribution in [3.63, 3.8) is 0 Å². The van der Waals surface area contributed by atoms with Crippen LogP contribution in [0.3, 0.4) is 0 Å². The van der Waals surface area contributed by atoms with Crippen LogP contribution in [0.15, 0.2) is 48.5 Å². The van der Waals surface area contributed by atoms with Crippen molar-refractivity contribution in [3.05, 3.63) is 70.8 Å². The predicted molar refractivity (Wildman–Crippen MR) is 124 cm³/mol. The van der Waals surface area contributed by atoms with Crippen LogP contribution in [0.4, 0.5) is 0 Å². The van der Waals surface area contributed by atoms with Gasteiger partial charge in [-0.1, -0.05) is 48.5 Å². The highest BCUT2D eigenvalue weighted by Crippen LogP contribution is 2.06. The predicted octanol–water partition coefficient (Wildman–Crippen LogP) is 1.95. The second kappa shape index (κ2) is 15.1. The van der Waals surface area contributed by atoms with Crippen LogP contribution in [0.2, 0.25) is 0 Å². The number of benzene rings is 2. The summed E-state index contributed by atoms with van der Waals surface area (Å²) in [5, 5.41) is 17.4. The first kappa shape index (κ1) is 23.5. The van der Waals surface area contributed by atoms with Crippen molar-refractivity contribution in [1.82, 2.24) is 26.6 Å². The Hall–Kier alpha value is -1.76. The third kappa shape index (κ3) is 10.5. The Morgan fingerprint density at radius 1 is 0.448 bits per heavy atom. The van der Waals surface area contributed by atoms with Crippen molar-refractivity contribution in [2.45, 2.75) is 26.9 Å². The summed E-state index contributed by atoms with van der Waals surface area (Å²) in [4.78, 5) is 0. The molecule has 0 aromatic heterocycles. The van der Waals surface area contributed by atoms with E-state index < -0.39 is 0 Å². The highest BCUT2D eigenvalue weighted by Gasteiger charge is 1.97. The molecule has 2 aromatic rings. The second-order valence-corrected chi connectivity index (χ2v) is 7.46. The quantitative estimate of drug-likeness (QED) is 0.280. The smallest absolute Gasteiger partial charge is 0.0208 e. The van der Waals surface area contributed by atoms with E-state index in [0.717, 1.165) is 65.4 Å². The molecule has 0 radical (unpaired) electrons. The molecule has 0 bridgehead atoms. The van der Waals surface area contributed by atoms with Crippen molar-refractivity contribution in [1.29, 1.82) is 0 Å². The van der Waals surface area contributed by atoms with E-state index in [4.69, 9.17) is 0 Å². The molecule has 2 aromatic carbocycles. The van der Waals surface area contributed by atoms with E-state index in [1.165, 1.54) is 22.3 Å². The molecule has 5 nitrogen and oxygen atoms in total. The lowest BCUT2D eigenvalue weighted by Gasteiger charge is -2.10. The average Bonchev–Trinajstić information content (AvgIpc) is 2.73. The summed E-state index contributed by atoms with van der Waals surface area (Å²) < 4.78 is 0. The van der Waals surface area contributed by atoms with Gasteiger partial charge >= 0.3 is 0 Å². The number of hydrogen-bond donors (Lipinski definition) is 5. The molecular weight excluding hydrogens is 358 g/mol. The first-order valence-corrected chi connectivity index (χ1v) is 10.9. The van der Waals surface area contributed by atoms with Crippen LogP contribution in [0, 0.1) is 13.8 Å². The van der Waals surface area contributed by atoms with Gasteiger partial charge in [-0.15, -0.1) is 0 Å². The standard InChI is InChI=1S/C24H39N5/c1-21-7-3-5-9-23(21)19-28-17-15-26-13-11-25-12-14-27-16-18-29-20-24-10-6-4-8-22(24)2/h3-10,25-29H,11-20H2,1-2H3. The van der Waals surface area contributed by atoms with Crippen LogP contribution in [-0.2, 0) is 13.1 Å². The van der Waals surface area contributed by atoms with Gasteiger partial charge in [0.2, 0.25) is 0 Å². The molecule has 160 valence electrons. The third-order valence-corrected chi connectivity index (χ3v) is 5.07. The lowest BCUT2D eigenvalue weighted by atomic mass is 10.1. The van der Waals surface area contributed by atoms with Crippen LogP contribution >= 0.6 is 0 Å². The lowest BCUT2D eigenvalue weighted by Crippen LogP contribution is -2.36. The summed E-state index contributed by atoms with van der Waals surface area (Å²) >= 11 is 0. The SMILES string of the molecule is Cc1ccccc1CNCCNCCNCCNCCNCc1ccccc1C. The number of rotatable bonds is 16. The summed E-state index contributed by atoms with van der Waals surface area (Å²) in [6.45, 7) is 14.2. The van der Waals surface area contributed by atoms with E-state index in [-0.39, 0.29) is 0 Å². The Morgan fingerprint density at radius 3 is 1.10 bits per heavy atom. The maximum Gasteiger partial charge on any atom is 0.0208 e. The van der Waals surface area contributed by atoms with E-state index in [0.29, 0.717) is 0 Å². The van der Waals surface area contributed by atoms with Gasteiger partial charge in [0.05, 0.1) is 0 Å². The Balaban J connectivity index is 1.31. The van der Waals surface area contributed by atoms with Gasteiger partial charge < -0.3 is 26.6 Å². The molecule has 29 heavy (non-hydrogen) atoms. The molecule has 5 N–H and O–H groups in total. The third-order valence-electron chi connectivity index (χ3n) is 5.07. The summed E-state index contributed by atoms with van der Waals surface area (Å²) in [7, 11) is 0. The van der Waals surface area contributed by atoms with Crippen LogP contribution in [0.25, 0.3) is 0 Å². The van der Waals surface area contributed by atoms with Gasteiger partial charge in [0, 0.05) is 65.4 Å². The van der Waals surface area contributed by atoms with E-state index in [1.54, 1.807) is 0 Å². The average molecular weight is 398 g/mol. The van der Waals surface area contributed by atoms with Crippen molar-refractivity contribution in [3.8, 4) is 0 Å². The van der Waals surface area contributed by atoms with Crippen molar-refractivity contribution >= 4 is 0 Å². The van der Waals surface area contributed by atoms with E-state index >= 15 is 0 Å². The summed E-state index contributed by atoms with van der Waals surface area (Å²) in [5.74, 6) is 0. The maximum atomic E-state index is 3.49. The van der Waals surface area contributed by atoms with E-state index in [2.05, 4.69) is 89.0 Å². The minimum Gasteiger partial charge on any atom is -0.314 e. The topological polar surface area (TPSA) is 60.1 Å². The number of aryl methyl sites for hydroxylation is 2. The molecule has 0 unspecified atom stereocenters. The van der Waals surface area contributed by atoms with Gasteiger partial charge in [0.25, 0.3) is 0 Å². The molecule has 0 saturated carbocycles. The molecule has 0 amide bonds. The zero-order valence-electron chi connectivity index (χ0n) is 18.2. The van der Waals surface area contributed by atoms with E-state index in [1.807, 2.05) is 0 Å². The van der Waals surface area contributed by atoms with Gasteiger partial charge in [-0.2, -0.15) is 0 Å². The zero-order valence-corrected chi connectivity index (χ0v) is 18.2. The fraction of sp³-hybridized carbons (Fsp3) is 0.500. The molecule has 0 atom stereocenters. The van der Waals surface area contributed by atoms with Crippen LogP contribution in [0.5, 0.6) is 0 Å². The summed E-state index contributed by atoms with van der Waals surface area (Å²) in [5.41, 5.74) is 5.47. The minimum absolute atomic E-state index is 0.943. The number of hydrogen-bond acceptors (Lipinski definition) is 5. The van der Waals surface area contributed by atoms with Crippen molar-refractivity contribution < 1.29 is 0 Å².